The van der Waals surface area contributed by atoms with Gasteiger partial charge in [-0.05, 0) is 70.1 Å². The fourth-order valence-corrected chi connectivity index (χ4v) is 6.67. The summed E-state index contributed by atoms with van der Waals surface area (Å²) in [6.07, 6.45) is -18.6. The number of para-hydroxylation sites is 1. The van der Waals surface area contributed by atoms with Gasteiger partial charge in [0.2, 0.25) is 23.9 Å². The van der Waals surface area contributed by atoms with Crippen molar-refractivity contribution in [2.45, 2.75) is 117 Å². The average molecular weight is 903 g/mol. The van der Waals surface area contributed by atoms with Gasteiger partial charge in [0, 0.05) is 35.8 Å². The number of anilines is 1. The van der Waals surface area contributed by atoms with Gasteiger partial charge < -0.3 is 31.2 Å². The number of nitrogens with two attached hydrogens (primary N) is 1. The molecule has 0 aromatic heterocycles. The van der Waals surface area contributed by atoms with E-state index >= 15 is 0 Å². The maximum Gasteiger partial charge on any atom is 0.408 e. The van der Waals surface area contributed by atoms with Crippen LogP contribution in [0.1, 0.15) is 90.8 Å². The van der Waals surface area contributed by atoms with E-state index in [1.165, 1.54) is 18.2 Å². The molecule has 21 heteroatoms. The lowest BCUT2D eigenvalue weighted by atomic mass is 9.83. The number of aryl methyl sites for hydroxylation is 1. The summed E-state index contributed by atoms with van der Waals surface area (Å²) < 4.78 is 106. The van der Waals surface area contributed by atoms with E-state index in [2.05, 4.69) is 20.9 Å². The quantitative estimate of drug-likeness (QED) is 0.104. The Labute approximate surface area is 359 Å². The molecule has 0 saturated carbocycles. The number of benzodiazepines with no additional fused rings is 1. The molecule has 0 aliphatic carbocycles. The molecule has 2 aromatic carbocycles. The lowest BCUT2D eigenvalue weighted by molar-refractivity contribution is -0.152. The molecule has 348 valence electrons. The SMILES string of the molecule is Cc1cccc2c1N(COC(=O)C(NC(=O)C(NC(=O)OC(C)(C)C)C(C)C)C(C)C)C(=O)C(NC(=O)C(CCC(F)(F)F)C(CCC(F)(F)F)C(N)=O)N=C2c1cccc(F)c1. The van der Waals surface area contributed by atoms with Gasteiger partial charge in [0.15, 0.2) is 6.73 Å². The van der Waals surface area contributed by atoms with Crippen LogP contribution in [0.4, 0.5) is 41.2 Å². The van der Waals surface area contributed by atoms with E-state index in [1.807, 2.05) is 0 Å². The molecule has 5 amide bonds. The lowest BCUT2D eigenvalue weighted by Crippen LogP contribution is -2.56. The molecule has 14 nitrogen and oxygen atoms in total. The Morgan fingerprint density at radius 2 is 1.40 bits per heavy atom. The van der Waals surface area contributed by atoms with Crippen LogP contribution in [0.25, 0.3) is 0 Å². The number of fused-ring (bicyclic) bond motifs is 1. The Morgan fingerprint density at radius 3 is 1.92 bits per heavy atom. The Balaban J connectivity index is 2.09. The van der Waals surface area contributed by atoms with Crippen molar-refractivity contribution in [2.24, 2.45) is 34.4 Å². The number of nitrogens with zero attached hydrogens (tertiary/aromatic N) is 2. The van der Waals surface area contributed by atoms with E-state index < -0.39 is 134 Å². The maximum atomic E-state index is 14.7. The van der Waals surface area contributed by atoms with Crippen molar-refractivity contribution in [2.75, 3.05) is 11.6 Å². The number of halogens is 7. The number of carbonyl (C=O) groups excluding carboxylic acids is 6. The fourth-order valence-electron chi connectivity index (χ4n) is 6.67. The smallest absolute Gasteiger partial charge is 0.408 e. The van der Waals surface area contributed by atoms with E-state index in [-0.39, 0.29) is 22.5 Å². The number of rotatable bonds is 17. The third-order valence-corrected chi connectivity index (χ3v) is 9.74. The third kappa shape index (κ3) is 15.2. The van der Waals surface area contributed by atoms with Gasteiger partial charge in [-0.2, -0.15) is 26.3 Å². The van der Waals surface area contributed by atoms with Gasteiger partial charge >= 0.3 is 24.4 Å². The molecule has 1 aliphatic heterocycles. The van der Waals surface area contributed by atoms with Gasteiger partial charge in [0.25, 0.3) is 5.91 Å². The number of nitrogens with one attached hydrogen (secondary N) is 3. The van der Waals surface area contributed by atoms with Crippen LogP contribution >= 0.6 is 0 Å². The summed E-state index contributed by atoms with van der Waals surface area (Å²) in [7, 11) is 0. The highest BCUT2D eigenvalue weighted by atomic mass is 19.4. The molecule has 5 atom stereocenters. The van der Waals surface area contributed by atoms with Crippen LogP contribution in [0.2, 0.25) is 0 Å². The van der Waals surface area contributed by atoms with Crippen LogP contribution in [0.3, 0.4) is 0 Å². The second-order valence-electron chi connectivity index (χ2n) is 16.8. The highest BCUT2D eigenvalue weighted by molar-refractivity contribution is 6.20. The van der Waals surface area contributed by atoms with Crippen molar-refractivity contribution >= 4 is 47.1 Å². The molecule has 2 aromatic rings. The summed E-state index contributed by atoms with van der Waals surface area (Å²) in [5.74, 6) is -12.1. The molecule has 3 rings (SSSR count). The first-order chi connectivity index (χ1) is 29.0. The van der Waals surface area contributed by atoms with E-state index in [9.17, 15) is 59.5 Å². The maximum absolute atomic E-state index is 14.7. The largest absolute Gasteiger partial charge is 0.444 e. The minimum absolute atomic E-state index is 0.0236. The van der Waals surface area contributed by atoms with E-state index in [1.54, 1.807) is 67.5 Å². The second-order valence-corrected chi connectivity index (χ2v) is 16.8. The predicted octanol–water partition coefficient (Wildman–Crippen LogP) is 6.35. The van der Waals surface area contributed by atoms with Crippen LogP contribution in [0, 0.1) is 36.4 Å². The number of primary amides is 1. The zero-order valence-corrected chi connectivity index (χ0v) is 36.0. The van der Waals surface area contributed by atoms with Gasteiger partial charge in [-0.15, -0.1) is 0 Å². The normalized spacial score (nSPS) is 16.5. The van der Waals surface area contributed by atoms with E-state index in [0.29, 0.717) is 5.56 Å². The predicted molar refractivity (Wildman–Crippen MR) is 215 cm³/mol. The Hall–Kier alpha value is -5.76. The first kappa shape index (κ1) is 51.6. The number of aliphatic imine (C=N–C) groups is 1. The van der Waals surface area contributed by atoms with Crippen LogP contribution in [0.15, 0.2) is 47.5 Å². The minimum Gasteiger partial charge on any atom is -0.444 e. The summed E-state index contributed by atoms with van der Waals surface area (Å²) in [4.78, 5) is 86.1. The molecular weight excluding hydrogens is 849 g/mol. The highest BCUT2D eigenvalue weighted by Crippen LogP contribution is 2.35. The monoisotopic (exact) mass is 902 g/mol. The Morgan fingerprint density at radius 1 is 0.825 bits per heavy atom. The van der Waals surface area contributed by atoms with Gasteiger partial charge in [0.1, 0.15) is 23.5 Å². The molecule has 0 radical (unpaired) electrons. The van der Waals surface area contributed by atoms with Gasteiger partial charge in [0.05, 0.1) is 11.4 Å². The molecule has 63 heavy (non-hydrogen) atoms. The highest BCUT2D eigenvalue weighted by Gasteiger charge is 2.42. The van der Waals surface area contributed by atoms with Crippen LogP contribution in [0.5, 0.6) is 0 Å². The van der Waals surface area contributed by atoms with Crippen molar-refractivity contribution in [1.82, 2.24) is 16.0 Å². The van der Waals surface area contributed by atoms with Crippen LogP contribution < -0.4 is 26.6 Å². The first-order valence-corrected chi connectivity index (χ1v) is 19.9. The topological polar surface area (TPSA) is 199 Å². The molecule has 0 bridgehead atoms. The number of hydrogen-bond donors (Lipinski definition) is 4. The standard InChI is InChI=1S/C42H53F7N6O8/c1-21(2)29(53-39(61)63-40(6,7)8)36(58)52-30(22(3)4)38(60)62-20-55-32-23(5)11-9-14-28(32)31(24-12-10-13-25(43)19-24)51-34(37(55)59)54-35(57)27(16-18-42(47,48)49)26(33(50)56)15-17-41(44,45)46/h9-14,19,21-22,26-27,29-30,34H,15-18,20H2,1-8H3,(H2,50,56)(H,52,58)(H,53,61)(H,54,57). The van der Waals surface area contributed by atoms with Crippen LogP contribution in [-0.4, -0.2) is 84.3 Å². The summed E-state index contributed by atoms with van der Waals surface area (Å²) in [6.45, 7) is 11.9. The zero-order valence-electron chi connectivity index (χ0n) is 36.0. The van der Waals surface area contributed by atoms with Crippen molar-refractivity contribution in [3.8, 4) is 0 Å². The number of hydrogen-bond acceptors (Lipinski definition) is 9. The number of benzene rings is 2. The van der Waals surface area contributed by atoms with Crippen LogP contribution in [-0.2, 0) is 33.4 Å². The molecule has 5 N–H and O–H groups in total. The number of esters is 1. The number of amides is 5. The molecule has 1 aliphatic rings. The van der Waals surface area contributed by atoms with Gasteiger partial charge in [-0.25, -0.2) is 19.0 Å². The molecule has 0 spiro atoms. The second kappa shape index (κ2) is 21.1. The zero-order chi connectivity index (χ0) is 47.8. The van der Waals surface area contributed by atoms with Crippen molar-refractivity contribution in [1.29, 1.82) is 0 Å². The molecule has 0 saturated heterocycles. The fraction of sp³-hybridized carbons (Fsp3) is 0.548. The average Bonchev–Trinajstić information content (AvgIpc) is 3.25. The van der Waals surface area contributed by atoms with E-state index in [0.717, 1.165) is 17.0 Å². The van der Waals surface area contributed by atoms with Gasteiger partial charge in [-0.1, -0.05) is 58.0 Å². The van der Waals surface area contributed by atoms with Crippen molar-refractivity contribution < 1.29 is 69.0 Å². The molecule has 1 heterocycles. The number of carbonyl (C=O) groups is 6. The number of alkyl halides is 6. The summed E-state index contributed by atoms with van der Waals surface area (Å²) in [5.41, 5.74) is 4.86. The Kier molecular flexibility index (Phi) is 17.3. The first-order valence-electron chi connectivity index (χ1n) is 19.9. The summed E-state index contributed by atoms with van der Waals surface area (Å²) in [5, 5.41) is 7.21. The molecular formula is C42H53F7N6O8. The lowest BCUT2D eigenvalue weighted by Gasteiger charge is -2.30. The van der Waals surface area contributed by atoms with Crippen molar-refractivity contribution in [3.05, 3.63) is 65.0 Å². The van der Waals surface area contributed by atoms with Gasteiger partial charge in [-0.3, -0.25) is 24.1 Å². The van der Waals surface area contributed by atoms with E-state index in [4.69, 9.17) is 15.2 Å². The minimum atomic E-state index is -4.93. The van der Waals surface area contributed by atoms with Crippen molar-refractivity contribution in [3.63, 3.8) is 0 Å². The third-order valence-electron chi connectivity index (χ3n) is 9.74. The number of ether oxygens (including phenoxy) is 2. The Bertz CT molecular complexity index is 2030. The molecule has 0 fully saturated rings. The summed E-state index contributed by atoms with van der Waals surface area (Å²) >= 11 is 0. The molecule has 5 unspecified atom stereocenters. The summed E-state index contributed by atoms with van der Waals surface area (Å²) in [6, 6.07) is 6.84. The number of alkyl carbamates (subject to hydrolysis) is 1.